The molecule has 0 bridgehead atoms. The first-order chi connectivity index (χ1) is 19.7. The number of thiocarbonyl (C=S) groups is 1. The van der Waals surface area contributed by atoms with E-state index in [0.717, 1.165) is 34.0 Å². The van der Waals surface area contributed by atoms with Gasteiger partial charge in [0.05, 0.1) is 43.2 Å². The molecular weight excluding hydrogens is 538 g/mol. The molecular formula is C31H31N5O4S. The van der Waals surface area contributed by atoms with Crippen LogP contribution in [0.25, 0.3) is 5.69 Å². The number of aryl methyl sites for hydroxylation is 1. The Hall–Kier alpha value is -4.70. The Balaban J connectivity index is 1.64. The quantitative estimate of drug-likeness (QED) is 0.225. The number of hydrogen-bond acceptors (Lipinski definition) is 6. The lowest BCUT2D eigenvalue weighted by Crippen LogP contribution is -2.29. The molecule has 1 aliphatic rings. The van der Waals surface area contributed by atoms with Crippen LogP contribution in [-0.4, -0.2) is 40.8 Å². The summed E-state index contributed by atoms with van der Waals surface area (Å²) >= 11 is 5.91. The van der Waals surface area contributed by atoms with E-state index in [1.807, 2.05) is 55.5 Å². The summed E-state index contributed by atoms with van der Waals surface area (Å²) in [4.78, 5) is 30.6. The van der Waals surface area contributed by atoms with E-state index in [-0.39, 0.29) is 24.0 Å². The van der Waals surface area contributed by atoms with Crippen LogP contribution in [0.2, 0.25) is 0 Å². The van der Waals surface area contributed by atoms with E-state index in [1.165, 1.54) is 14.0 Å². The minimum Gasteiger partial charge on any atom is -0.495 e. The maximum atomic E-state index is 12.0. The van der Waals surface area contributed by atoms with Gasteiger partial charge in [-0.3, -0.25) is 9.78 Å². The van der Waals surface area contributed by atoms with Crippen LogP contribution < -0.4 is 20.3 Å². The number of pyridine rings is 1. The topological polar surface area (TPSA) is 97.7 Å². The fourth-order valence-corrected chi connectivity index (χ4v) is 5.78. The van der Waals surface area contributed by atoms with Gasteiger partial charge in [0.15, 0.2) is 5.11 Å². The second-order valence-electron chi connectivity index (χ2n) is 9.76. The van der Waals surface area contributed by atoms with E-state index in [4.69, 9.17) is 21.7 Å². The van der Waals surface area contributed by atoms with Crippen LogP contribution in [0.3, 0.4) is 0 Å². The molecule has 1 fully saturated rings. The molecule has 210 valence electrons. The number of ether oxygens (including phenoxy) is 2. The van der Waals surface area contributed by atoms with Crippen LogP contribution in [0.1, 0.15) is 52.0 Å². The number of amides is 1. The number of nitrogens with zero attached hydrogens (tertiary/aromatic N) is 3. The van der Waals surface area contributed by atoms with Crippen molar-refractivity contribution in [3.63, 3.8) is 0 Å². The number of benzene rings is 2. The molecule has 2 N–H and O–H groups in total. The minimum atomic E-state index is -0.379. The molecule has 5 rings (SSSR count). The molecule has 2 aromatic heterocycles. The third-order valence-corrected chi connectivity index (χ3v) is 7.52. The predicted octanol–water partition coefficient (Wildman–Crippen LogP) is 5.42. The van der Waals surface area contributed by atoms with Gasteiger partial charge in [-0.25, -0.2) is 4.79 Å². The van der Waals surface area contributed by atoms with E-state index < -0.39 is 0 Å². The van der Waals surface area contributed by atoms with E-state index in [2.05, 4.69) is 38.1 Å². The van der Waals surface area contributed by atoms with E-state index in [0.29, 0.717) is 22.1 Å². The molecule has 3 heterocycles. The molecule has 41 heavy (non-hydrogen) atoms. The Morgan fingerprint density at radius 2 is 1.73 bits per heavy atom. The number of carbonyl (C=O) groups is 2. The summed E-state index contributed by atoms with van der Waals surface area (Å²) in [6.45, 7) is 5.58. The fraction of sp³-hybridized carbons (Fsp3) is 0.226. The lowest BCUT2D eigenvalue weighted by molar-refractivity contribution is -0.114. The van der Waals surface area contributed by atoms with Crippen LogP contribution in [0.5, 0.6) is 5.75 Å². The zero-order valence-electron chi connectivity index (χ0n) is 23.5. The largest absolute Gasteiger partial charge is 0.495 e. The highest BCUT2D eigenvalue weighted by atomic mass is 32.1. The second kappa shape index (κ2) is 11.4. The van der Waals surface area contributed by atoms with Crippen molar-refractivity contribution >= 4 is 40.6 Å². The highest BCUT2D eigenvalue weighted by Gasteiger charge is 2.42. The summed E-state index contributed by atoms with van der Waals surface area (Å²) in [5, 5.41) is 6.89. The third kappa shape index (κ3) is 5.26. The van der Waals surface area contributed by atoms with Gasteiger partial charge in [0.2, 0.25) is 5.91 Å². The number of methoxy groups -OCH3 is 2. The Morgan fingerprint density at radius 1 is 1.00 bits per heavy atom. The van der Waals surface area contributed by atoms with Gasteiger partial charge in [0, 0.05) is 35.9 Å². The summed E-state index contributed by atoms with van der Waals surface area (Å²) in [7, 11) is 2.93. The third-order valence-electron chi connectivity index (χ3n) is 7.21. The first-order valence-electron chi connectivity index (χ1n) is 13.1. The van der Waals surface area contributed by atoms with Crippen molar-refractivity contribution in [2.75, 3.05) is 24.4 Å². The van der Waals surface area contributed by atoms with Gasteiger partial charge >= 0.3 is 5.97 Å². The van der Waals surface area contributed by atoms with Crippen molar-refractivity contribution in [2.45, 2.75) is 32.9 Å². The number of rotatable bonds is 7. The van der Waals surface area contributed by atoms with Crippen molar-refractivity contribution in [3.8, 4) is 11.4 Å². The van der Waals surface area contributed by atoms with Crippen molar-refractivity contribution in [2.24, 2.45) is 0 Å². The predicted molar refractivity (Wildman–Crippen MR) is 162 cm³/mol. The highest BCUT2D eigenvalue weighted by molar-refractivity contribution is 7.80. The first-order valence-corrected chi connectivity index (χ1v) is 13.5. The van der Waals surface area contributed by atoms with Crippen LogP contribution in [0.4, 0.5) is 11.4 Å². The van der Waals surface area contributed by atoms with E-state index in [1.54, 1.807) is 25.4 Å². The van der Waals surface area contributed by atoms with Gasteiger partial charge in [-0.1, -0.05) is 6.07 Å². The monoisotopic (exact) mass is 569 g/mol. The van der Waals surface area contributed by atoms with Gasteiger partial charge in [-0.15, -0.1) is 0 Å². The van der Waals surface area contributed by atoms with Crippen molar-refractivity contribution in [1.82, 2.24) is 14.9 Å². The van der Waals surface area contributed by atoms with E-state index >= 15 is 0 Å². The molecule has 1 saturated heterocycles. The summed E-state index contributed by atoms with van der Waals surface area (Å²) in [6.07, 6.45) is 1.77. The maximum Gasteiger partial charge on any atom is 0.337 e. The van der Waals surface area contributed by atoms with Gasteiger partial charge in [0.1, 0.15) is 5.75 Å². The number of aromatic nitrogens is 2. The molecule has 0 unspecified atom stereocenters. The first kappa shape index (κ1) is 27.9. The Kier molecular flexibility index (Phi) is 7.76. The summed E-state index contributed by atoms with van der Waals surface area (Å²) in [5.74, 6) is -0.0311. The van der Waals surface area contributed by atoms with Gasteiger partial charge in [-0.05, 0) is 92.3 Å². The summed E-state index contributed by atoms with van der Waals surface area (Å²) < 4.78 is 12.5. The van der Waals surface area contributed by atoms with Gasteiger partial charge < -0.3 is 29.6 Å². The van der Waals surface area contributed by atoms with Crippen LogP contribution in [0.15, 0.2) is 72.9 Å². The SMILES string of the molecule is COC(=O)c1ccc(-n2c(C)cc([C@H]3[C@@H](c4ccccn4)NC(=S)N3c3ccc(OC)c(NC(C)=O)c3)c2C)cc1. The Bertz CT molecular complexity index is 1620. The molecule has 10 heteroatoms. The van der Waals surface area contributed by atoms with Gasteiger partial charge in [-0.2, -0.15) is 0 Å². The molecule has 0 saturated carbocycles. The van der Waals surface area contributed by atoms with Crippen LogP contribution in [-0.2, 0) is 9.53 Å². The number of nitrogens with one attached hydrogen (secondary N) is 2. The maximum absolute atomic E-state index is 12.0. The molecule has 1 aliphatic heterocycles. The molecule has 1 amide bonds. The average Bonchev–Trinajstić information content (AvgIpc) is 3.47. The van der Waals surface area contributed by atoms with Crippen molar-refractivity contribution < 1.29 is 19.1 Å². The average molecular weight is 570 g/mol. The molecule has 0 spiro atoms. The standard InChI is InChI=1S/C31H31N5O4S/c1-18-16-24(19(2)35(18)22-11-9-21(10-12-22)30(38)40-5)29-28(25-8-6-7-15-32-25)34-31(41)36(29)23-13-14-27(39-4)26(17-23)33-20(3)37/h6-17,28-29H,1-5H3,(H,33,37)(H,34,41)/t28-,29+/m1/s1. The normalized spacial score (nSPS) is 16.3. The molecule has 0 aliphatic carbocycles. The zero-order chi connectivity index (χ0) is 29.3. The lowest BCUT2D eigenvalue weighted by atomic mass is 9.96. The Labute approximate surface area is 244 Å². The molecule has 9 nitrogen and oxygen atoms in total. The number of anilines is 2. The smallest absolute Gasteiger partial charge is 0.337 e. The molecule has 4 aromatic rings. The Morgan fingerprint density at radius 3 is 2.37 bits per heavy atom. The van der Waals surface area contributed by atoms with Crippen molar-refractivity contribution in [1.29, 1.82) is 0 Å². The minimum absolute atomic E-state index is 0.202. The summed E-state index contributed by atoms with van der Waals surface area (Å²) in [6, 6.07) is 20.4. The molecule has 0 radical (unpaired) electrons. The van der Waals surface area contributed by atoms with Gasteiger partial charge in [0.25, 0.3) is 0 Å². The van der Waals surface area contributed by atoms with Crippen molar-refractivity contribution in [3.05, 3.63) is 101 Å². The number of hydrogen-bond donors (Lipinski definition) is 2. The fourth-order valence-electron chi connectivity index (χ4n) is 5.43. The summed E-state index contributed by atoms with van der Waals surface area (Å²) in [5.41, 5.74) is 6.70. The highest BCUT2D eigenvalue weighted by Crippen LogP contribution is 2.45. The van der Waals surface area contributed by atoms with E-state index in [9.17, 15) is 9.59 Å². The second-order valence-corrected chi connectivity index (χ2v) is 10.1. The number of esters is 1. The molecule has 2 aromatic carbocycles. The molecule has 2 atom stereocenters. The van der Waals surface area contributed by atoms with Crippen LogP contribution >= 0.6 is 12.2 Å². The lowest BCUT2D eigenvalue weighted by Gasteiger charge is -2.29. The zero-order valence-corrected chi connectivity index (χ0v) is 24.3. The van der Waals surface area contributed by atoms with Crippen LogP contribution in [0, 0.1) is 13.8 Å². The number of carbonyl (C=O) groups excluding carboxylic acids is 2.